The van der Waals surface area contributed by atoms with Gasteiger partial charge in [0.1, 0.15) is 34.3 Å². The zero-order valence-electron chi connectivity index (χ0n) is 11.9. The van der Waals surface area contributed by atoms with Gasteiger partial charge in [-0.15, -0.1) is 0 Å². The van der Waals surface area contributed by atoms with Crippen LogP contribution in [-0.4, -0.2) is 4.98 Å². The molecule has 0 spiro atoms. The van der Waals surface area contributed by atoms with Crippen molar-refractivity contribution in [2.75, 3.05) is 5.73 Å². The van der Waals surface area contributed by atoms with Gasteiger partial charge in [-0.1, -0.05) is 30.0 Å². The van der Waals surface area contributed by atoms with Gasteiger partial charge >= 0.3 is 0 Å². The monoisotopic (exact) mass is 318 g/mol. The number of aromatic nitrogens is 1. The van der Waals surface area contributed by atoms with Crippen molar-refractivity contribution in [1.29, 1.82) is 10.5 Å². The average Bonchev–Trinajstić information content (AvgIpc) is 3.09. The van der Waals surface area contributed by atoms with Gasteiger partial charge in [-0.05, 0) is 24.3 Å². The SMILES string of the molecule is N#Cc1c(N)nc(Sc2ccccc2)c(C#N)c1-c1ccco1. The minimum atomic E-state index is 0.0799. The van der Waals surface area contributed by atoms with Crippen LogP contribution >= 0.6 is 11.8 Å². The third-order valence-electron chi connectivity index (χ3n) is 3.14. The fourth-order valence-corrected chi connectivity index (χ4v) is 3.05. The summed E-state index contributed by atoms with van der Waals surface area (Å²) >= 11 is 1.32. The number of rotatable bonds is 3. The fraction of sp³-hybridized carbons (Fsp3) is 0. The van der Waals surface area contributed by atoms with Crippen molar-refractivity contribution in [3.05, 3.63) is 59.9 Å². The summed E-state index contributed by atoms with van der Waals surface area (Å²) in [7, 11) is 0. The molecule has 2 heterocycles. The molecule has 0 unspecified atom stereocenters. The number of benzene rings is 1. The Labute approximate surface area is 137 Å². The second-order valence-corrected chi connectivity index (χ2v) is 5.61. The molecule has 0 aliphatic rings. The van der Waals surface area contributed by atoms with E-state index in [1.807, 2.05) is 36.4 Å². The molecule has 110 valence electrons. The zero-order chi connectivity index (χ0) is 16.2. The van der Waals surface area contributed by atoms with Crippen molar-refractivity contribution in [2.24, 2.45) is 0 Å². The molecular weight excluding hydrogens is 308 g/mol. The molecule has 23 heavy (non-hydrogen) atoms. The van der Waals surface area contributed by atoms with Crippen molar-refractivity contribution in [3.8, 4) is 23.5 Å². The van der Waals surface area contributed by atoms with Crippen molar-refractivity contribution >= 4 is 17.6 Å². The van der Waals surface area contributed by atoms with Crippen LogP contribution in [-0.2, 0) is 0 Å². The van der Waals surface area contributed by atoms with Crippen LogP contribution in [0.25, 0.3) is 11.3 Å². The summed E-state index contributed by atoms with van der Waals surface area (Å²) in [5, 5.41) is 19.4. The number of anilines is 1. The van der Waals surface area contributed by atoms with E-state index in [4.69, 9.17) is 10.2 Å². The smallest absolute Gasteiger partial charge is 0.143 e. The molecule has 0 saturated heterocycles. The van der Waals surface area contributed by atoms with E-state index in [0.717, 1.165) is 4.90 Å². The van der Waals surface area contributed by atoms with Gasteiger partial charge in [0.25, 0.3) is 0 Å². The van der Waals surface area contributed by atoms with Gasteiger partial charge < -0.3 is 10.2 Å². The van der Waals surface area contributed by atoms with E-state index in [1.54, 1.807) is 12.1 Å². The zero-order valence-corrected chi connectivity index (χ0v) is 12.7. The lowest BCUT2D eigenvalue weighted by molar-refractivity contribution is 0.581. The first kappa shape index (κ1) is 14.7. The van der Waals surface area contributed by atoms with Crippen molar-refractivity contribution in [1.82, 2.24) is 4.98 Å². The lowest BCUT2D eigenvalue weighted by Crippen LogP contribution is -2.02. The second kappa shape index (κ2) is 6.27. The van der Waals surface area contributed by atoms with Gasteiger partial charge in [0, 0.05) is 4.90 Å². The molecule has 0 atom stereocenters. The number of nitrogens with zero attached hydrogens (tertiary/aromatic N) is 3. The average molecular weight is 318 g/mol. The van der Waals surface area contributed by atoms with E-state index in [2.05, 4.69) is 11.1 Å². The van der Waals surface area contributed by atoms with Crippen LogP contribution in [0.1, 0.15) is 11.1 Å². The number of nitrogen functional groups attached to an aromatic ring is 1. The predicted molar refractivity (Wildman–Crippen MR) is 86.3 cm³/mol. The van der Waals surface area contributed by atoms with Crippen LogP contribution in [0.15, 0.2) is 63.1 Å². The van der Waals surface area contributed by atoms with E-state index >= 15 is 0 Å². The topological polar surface area (TPSA) is 99.6 Å². The molecule has 6 heteroatoms. The Balaban J connectivity index is 2.23. The van der Waals surface area contributed by atoms with Crippen LogP contribution in [0.4, 0.5) is 5.82 Å². The van der Waals surface area contributed by atoms with Gasteiger partial charge in [0.15, 0.2) is 0 Å². The van der Waals surface area contributed by atoms with Gasteiger partial charge in [0.05, 0.1) is 17.4 Å². The highest BCUT2D eigenvalue weighted by Gasteiger charge is 2.22. The standard InChI is InChI=1S/C17H10N4OS/c18-9-12-15(14-7-4-8-22-14)13(10-19)17(21-16(12)20)23-11-5-2-1-3-6-11/h1-8H,(H2,20,21). The lowest BCUT2D eigenvalue weighted by atomic mass is 10.0. The molecule has 0 fully saturated rings. The van der Waals surface area contributed by atoms with Crippen LogP contribution in [0.5, 0.6) is 0 Å². The van der Waals surface area contributed by atoms with Crippen LogP contribution in [0, 0.1) is 22.7 Å². The van der Waals surface area contributed by atoms with Gasteiger partial charge in [-0.3, -0.25) is 0 Å². The fourth-order valence-electron chi connectivity index (χ4n) is 2.14. The first-order chi connectivity index (χ1) is 11.2. The van der Waals surface area contributed by atoms with Gasteiger partial charge in [-0.25, -0.2) is 4.98 Å². The molecule has 0 amide bonds. The number of pyridine rings is 1. The summed E-state index contributed by atoms with van der Waals surface area (Å²) in [6, 6.07) is 17.0. The first-order valence-electron chi connectivity index (χ1n) is 6.65. The van der Waals surface area contributed by atoms with Gasteiger partial charge in [0.2, 0.25) is 0 Å². The van der Waals surface area contributed by atoms with Crippen molar-refractivity contribution in [3.63, 3.8) is 0 Å². The maximum atomic E-state index is 9.59. The molecule has 0 radical (unpaired) electrons. The molecule has 0 aliphatic heterocycles. The van der Waals surface area contributed by atoms with E-state index in [9.17, 15) is 10.5 Å². The van der Waals surface area contributed by atoms with Gasteiger partial charge in [-0.2, -0.15) is 10.5 Å². The Morgan fingerprint density at radius 3 is 2.35 bits per heavy atom. The summed E-state index contributed by atoms with van der Waals surface area (Å²) in [5.41, 5.74) is 6.72. The van der Waals surface area contributed by atoms with Crippen molar-refractivity contribution in [2.45, 2.75) is 9.92 Å². The molecule has 3 aromatic rings. The maximum Gasteiger partial charge on any atom is 0.143 e. The Morgan fingerprint density at radius 1 is 1.00 bits per heavy atom. The molecule has 0 aliphatic carbocycles. The molecule has 3 rings (SSSR count). The number of furan rings is 1. The molecule has 0 bridgehead atoms. The third-order valence-corrected chi connectivity index (χ3v) is 4.14. The van der Waals surface area contributed by atoms with Crippen LogP contribution in [0.3, 0.4) is 0 Å². The highest BCUT2D eigenvalue weighted by atomic mass is 32.2. The van der Waals surface area contributed by atoms with E-state index in [1.165, 1.54) is 18.0 Å². The van der Waals surface area contributed by atoms with E-state index < -0.39 is 0 Å². The highest BCUT2D eigenvalue weighted by molar-refractivity contribution is 7.99. The number of hydrogen-bond donors (Lipinski definition) is 1. The molecule has 0 saturated carbocycles. The second-order valence-electron chi connectivity index (χ2n) is 4.54. The quantitative estimate of drug-likeness (QED) is 0.788. The number of nitriles is 2. The van der Waals surface area contributed by atoms with Crippen molar-refractivity contribution < 1.29 is 4.42 Å². The summed E-state index contributed by atoms with van der Waals surface area (Å²) < 4.78 is 5.37. The van der Waals surface area contributed by atoms with Crippen LogP contribution < -0.4 is 5.73 Å². The molecule has 2 aromatic heterocycles. The summed E-state index contributed by atoms with van der Waals surface area (Å²) in [4.78, 5) is 5.16. The molecule has 2 N–H and O–H groups in total. The number of nitrogens with two attached hydrogens (primary N) is 1. The summed E-state index contributed by atoms with van der Waals surface area (Å²) in [6.07, 6.45) is 1.48. The Hall–Kier alpha value is -3.22. The van der Waals surface area contributed by atoms with E-state index in [0.29, 0.717) is 16.3 Å². The van der Waals surface area contributed by atoms with E-state index in [-0.39, 0.29) is 16.9 Å². The maximum absolute atomic E-state index is 9.59. The first-order valence-corrected chi connectivity index (χ1v) is 7.46. The Morgan fingerprint density at radius 2 is 1.74 bits per heavy atom. The largest absolute Gasteiger partial charge is 0.464 e. The van der Waals surface area contributed by atoms with Crippen LogP contribution in [0.2, 0.25) is 0 Å². The highest BCUT2D eigenvalue weighted by Crippen LogP contribution is 2.38. The minimum Gasteiger partial charge on any atom is -0.464 e. The number of hydrogen-bond acceptors (Lipinski definition) is 6. The Kier molecular flexibility index (Phi) is 4.01. The minimum absolute atomic E-state index is 0.0799. The third kappa shape index (κ3) is 2.76. The summed E-state index contributed by atoms with van der Waals surface area (Å²) in [6.45, 7) is 0. The predicted octanol–water partition coefficient (Wildman–Crippen LogP) is 3.82. The Bertz CT molecular complexity index is 922. The molecular formula is C17H10N4OS. The lowest BCUT2D eigenvalue weighted by Gasteiger charge is -2.11. The molecule has 1 aromatic carbocycles. The summed E-state index contributed by atoms with van der Waals surface area (Å²) in [5.74, 6) is 0.499. The normalized spacial score (nSPS) is 10.0. The molecule has 5 nitrogen and oxygen atoms in total.